The highest BCUT2D eigenvalue weighted by atomic mass is 35.7. The summed E-state index contributed by atoms with van der Waals surface area (Å²) in [5.74, 6) is -0.920. The number of nitrogens with zero attached hydrogens (tertiary/aromatic N) is 4. The molecule has 0 fully saturated rings. The molecule has 3 aromatic rings. The van der Waals surface area contributed by atoms with Gasteiger partial charge in [-0.25, -0.2) is 8.42 Å². The zero-order chi connectivity index (χ0) is 20.3. The van der Waals surface area contributed by atoms with Crippen LogP contribution in [0, 0.1) is 0 Å². The van der Waals surface area contributed by atoms with E-state index in [0.29, 0.717) is 11.4 Å². The van der Waals surface area contributed by atoms with Crippen molar-refractivity contribution in [1.82, 2.24) is 15.1 Å². The van der Waals surface area contributed by atoms with Crippen molar-refractivity contribution in [2.24, 2.45) is 10.2 Å². The van der Waals surface area contributed by atoms with Crippen LogP contribution in [0.4, 0.5) is 11.4 Å². The van der Waals surface area contributed by atoms with Crippen molar-refractivity contribution in [2.75, 3.05) is 7.05 Å². The van der Waals surface area contributed by atoms with Gasteiger partial charge < -0.3 is 10.4 Å². The van der Waals surface area contributed by atoms with Gasteiger partial charge in [0.25, 0.3) is 15.0 Å². The molecule has 0 unspecified atom stereocenters. The van der Waals surface area contributed by atoms with Gasteiger partial charge in [0.2, 0.25) is 5.88 Å². The van der Waals surface area contributed by atoms with Gasteiger partial charge in [0, 0.05) is 17.7 Å². The summed E-state index contributed by atoms with van der Waals surface area (Å²) in [5.41, 5.74) is 0.576. The van der Waals surface area contributed by atoms with Crippen LogP contribution in [-0.2, 0) is 9.05 Å². The number of rotatable bonds is 5. The molecule has 0 saturated carbocycles. The summed E-state index contributed by atoms with van der Waals surface area (Å²) in [6.45, 7) is 0. The van der Waals surface area contributed by atoms with Gasteiger partial charge in [-0.2, -0.15) is 14.9 Å². The molecule has 11 heteroatoms. The molecule has 1 heterocycles. The van der Waals surface area contributed by atoms with Crippen LogP contribution in [-0.4, -0.2) is 36.3 Å². The number of hydrogen-bond donors (Lipinski definition) is 2. The predicted octanol–water partition coefficient (Wildman–Crippen LogP) is 3.28. The molecule has 2 N–H and O–H groups in total. The highest BCUT2D eigenvalue weighted by Gasteiger charge is 2.23. The van der Waals surface area contributed by atoms with Crippen molar-refractivity contribution in [3.8, 4) is 11.6 Å². The average molecular weight is 420 g/mol. The monoisotopic (exact) mass is 419 g/mol. The molecule has 1 amide bonds. The quantitative estimate of drug-likeness (QED) is 0.484. The molecule has 9 nitrogen and oxygen atoms in total. The number of carbonyl (C=O) groups is 1. The van der Waals surface area contributed by atoms with Gasteiger partial charge >= 0.3 is 0 Å². The molecule has 0 aliphatic heterocycles. The highest BCUT2D eigenvalue weighted by molar-refractivity contribution is 8.13. The maximum Gasteiger partial charge on any atom is 0.274 e. The smallest absolute Gasteiger partial charge is 0.274 e. The lowest BCUT2D eigenvalue weighted by Gasteiger charge is -2.01. The summed E-state index contributed by atoms with van der Waals surface area (Å²) in [4.78, 5) is 12.0. The van der Waals surface area contributed by atoms with Gasteiger partial charge in [-0.05, 0) is 36.4 Å². The van der Waals surface area contributed by atoms with Crippen LogP contribution in [0.1, 0.15) is 10.5 Å². The normalized spacial score (nSPS) is 11.6. The van der Waals surface area contributed by atoms with Crippen LogP contribution in [0.15, 0.2) is 69.7 Å². The Labute approximate surface area is 164 Å². The van der Waals surface area contributed by atoms with E-state index in [1.165, 1.54) is 36.0 Å². The number of carbonyl (C=O) groups excluding carboxylic acids is 1. The van der Waals surface area contributed by atoms with Gasteiger partial charge in [-0.1, -0.05) is 18.2 Å². The molecule has 2 aromatic carbocycles. The maximum atomic E-state index is 12.1. The van der Waals surface area contributed by atoms with Crippen molar-refractivity contribution in [2.45, 2.75) is 4.90 Å². The van der Waals surface area contributed by atoms with E-state index in [4.69, 9.17) is 10.7 Å². The minimum atomic E-state index is -3.85. The lowest BCUT2D eigenvalue weighted by molar-refractivity contribution is 0.0958. The summed E-state index contributed by atoms with van der Waals surface area (Å²) in [5, 5.41) is 24.9. The predicted molar refractivity (Wildman–Crippen MR) is 102 cm³/mol. The van der Waals surface area contributed by atoms with Crippen molar-refractivity contribution < 1.29 is 18.3 Å². The molecule has 1 aromatic heterocycles. The highest BCUT2D eigenvalue weighted by Crippen LogP contribution is 2.34. The Hall–Kier alpha value is -3.24. The molecule has 0 saturated heterocycles. The Bertz CT molecular complexity index is 1140. The van der Waals surface area contributed by atoms with E-state index in [2.05, 4.69) is 20.6 Å². The zero-order valence-corrected chi connectivity index (χ0v) is 16.0. The number of hydrogen-bond acceptors (Lipinski definition) is 7. The summed E-state index contributed by atoms with van der Waals surface area (Å²) in [6, 6.07) is 14.0. The Morgan fingerprint density at radius 3 is 2.32 bits per heavy atom. The number of azo groups is 1. The van der Waals surface area contributed by atoms with Gasteiger partial charge in [-0.3, -0.25) is 4.79 Å². The van der Waals surface area contributed by atoms with Crippen LogP contribution in [0.5, 0.6) is 5.88 Å². The molecule has 0 atom stereocenters. The fourth-order valence-corrected chi connectivity index (χ4v) is 3.07. The zero-order valence-electron chi connectivity index (χ0n) is 14.4. The maximum absolute atomic E-state index is 12.1. The number of aromatic nitrogens is 2. The summed E-state index contributed by atoms with van der Waals surface area (Å²) < 4.78 is 23.7. The molecule has 28 heavy (non-hydrogen) atoms. The second-order valence-corrected chi connectivity index (χ2v) is 8.04. The van der Waals surface area contributed by atoms with Crippen LogP contribution in [0.3, 0.4) is 0 Å². The largest absolute Gasteiger partial charge is 0.492 e. The lowest BCUT2D eigenvalue weighted by atomic mass is 10.3. The van der Waals surface area contributed by atoms with Gasteiger partial charge in [-0.15, -0.1) is 5.11 Å². The summed E-state index contributed by atoms with van der Waals surface area (Å²) in [7, 11) is 2.84. The van der Waals surface area contributed by atoms with Crippen molar-refractivity contribution in [3.63, 3.8) is 0 Å². The van der Waals surface area contributed by atoms with Crippen molar-refractivity contribution >= 4 is 37.0 Å². The molecule has 0 radical (unpaired) electrons. The summed E-state index contributed by atoms with van der Waals surface area (Å²) >= 11 is 0. The Balaban J connectivity index is 2.02. The molecule has 144 valence electrons. The van der Waals surface area contributed by atoms with Crippen LogP contribution >= 0.6 is 10.7 Å². The first-order chi connectivity index (χ1) is 13.3. The fourth-order valence-electron chi connectivity index (χ4n) is 2.30. The first-order valence-electron chi connectivity index (χ1n) is 7.87. The van der Waals surface area contributed by atoms with E-state index in [9.17, 15) is 18.3 Å². The van der Waals surface area contributed by atoms with E-state index in [1.54, 1.807) is 30.3 Å². The minimum absolute atomic E-state index is 0.0843. The minimum Gasteiger partial charge on any atom is -0.492 e. The van der Waals surface area contributed by atoms with E-state index >= 15 is 0 Å². The van der Waals surface area contributed by atoms with E-state index in [0.717, 1.165) is 0 Å². The third-order valence-corrected chi connectivity index (χ3v) is 5.03. The van der Waals surface area contributed by atoms with Gasteiger partial charge in [0.05, 0.1) is 16.3 Å². The molecule has 0 aliphatic rings. The Morgan fingerprint density at radius 1 is 1.11 bits per heavy atom. The number of nitrogens with one attached hydrogen (secondary N) is 1. The van der Waals surface area contributed by atoms with E-state index < -0.39 is 15.0 Å². The third-order valence-electron chi connectivity index (χ3n) is 3.66. The molecule has 3 rings (SSSR count). The van der Waals surface area contributed by atoms with Gasteiger partial charge in [0.15, 0.2) is 11.4 Å². The molecular weight excluding hydrogens is 406 g/mol. The fraction of sp³-hybridized carbons (Fsp3) is 0.0588. The van der Waals surface area contributed by atoms with E-state index in [-0.39, 0.29) is 22.2 Å². The third kappa shape index (κ3) is 4.02. The van der Waals surface area contributed by atoms with Gasteiger partial charge in [0.1, 0.15) is 0 Å². The second kappa shape index (κ2) is 7.79. The Morgan fingerprint density at radius 2 is 1.75 bits per heavy atom. The lowest BCUT2D eigenvalue weighted by Crippen LogP contribution is -2.18. The standard InChI is InChI=1S/C17H14ClN5O4S/c1-19-16(24)14-15(17(25)23(22-14)12-5-3-2-4-6-12)21-20-11-7-9-13(10-8-11)28(18,26)27/h2-10,25H,1H3,(H,19,24)/b21-20+. The number of aromatic hydroxyl groups is 1. The van der Waals surface area contributed by atoms with Crippen LogP contribution in [0.2, 0.25) is 0 Å². The van der Waals surface area contributed by atoms with Crippen LogP contribution < -0.4 is 5.32 Å². The first kappa shape index (κ1) is 19.5. The second-order valence-electron chi connectivity index (χ2n) is 5.48. The van der Waals surface area contributed by atoms with Crippen molar-refractivity contribution in [1.29, 1.82) is 0 Å². The van der Waals surface area contributed by atoms with Crippen molar-refractivity contribution in [3.05, 3.63) is 60.3 Å². The molecule has 0 spiro atoms. The number of amides is 1. The Kier molecular flexibility index (Phi) is 5.43. The summed E-state index contributed by atoms with van der Waals surface area (Å²) in [6.07, 6.45) is 0. The number of benzene rings is 2. The SMILES string of the molecule is CNC(=O)c1nn(-c2ccccc2)c(O)c1/N=N/c1ccc(S(=O)(=O)Cl)cc1. The van der Waals surface area contributed by atoms with Crippen LogP contribution in [0.25, 0.3) is 5.69 Å². The molecule has 0 aliphatic carbocycles. The number of halogens is 1. The topological polar surface area (TPSA) is 126 Å². The molecular formula is C17H14ClN5O4S. The first-order valence-corrected chi connectivity index (χ1v) is 10.2. The molecule has 0 bridgehead atoms. The number of para-hydroxylation sites is 1. The average Bonchev–Trinajstić information content (AvgIpc) is 3.02. The van der Waals surface area contributed by atoms with E-state index in [1.807, 2.05) is 0 Å².